The van der Waals surface area contributed by atoms with Gasteiger partial charge in [0.1, 0.15) is 11.3 Å². The highest BCUT2D eigenvalue weighted by Crippen LogP contribution is 2.20. The van der Waals surface area contributed by atoms with Crippen LogP contribution < -0.4 is 5.32 Å². The summed E-state index contributed by atoms with van der Waals surface area (Å²) < 4.78 is 2.16. The fourth-order valence-electron chi connectivity index (χ4n) is 3.63. The van der Waals surface area contributed by atoms with Crippen molar-refractivity contribution in [3.05, 3.63) is 89.4 Å². The maximum Gasteiger partial charge on any atom is 0.224 e. The van der Waals surface area contributed by atoms with Gasteiger partial charge >= 0.3 is 0 Å². The van der Waals surface area contributed by atoms with Crippen LogP contribution in [-0.2, 0) is 17.8 Å². The fraction of sp³-hybridized carbons (Fsp3) is 0.240. The van der Waals surface area contributed by atoms with E-state index in [4.69, 9.17) is 4.98 Å². The van der Waals surface area contributed by atoms with E-state index in [2.05, 4.69) is 40.0 Å². The van der Waals surface area contributed by atoms with Crippen LogP contribution in [0.25, 0.3) is 11.2 Å². The van der Waals surface area contributed by atoms with Gasteiger partial charge in [-0.2, -0.15) is 0 Å². The summed E-state index contributed by atoms with van der Waals surface area (Å²) in [7, 11) is 0. The SMILES string of the molecule is Cc1cccc(NC(=O)CCCc2nc3cccnc3n2Cc2ccccc2)c1C. The van der Waals surface area contributed by atoms with E-state index in [1.165, 1.54) is 11.1 Å². The predicted octanol–water partition coefficient (Wildman–Crippen LogP) is 5.06. The zero-order valence-corrected chi connectivity index (χ0v) is 17.4. The van der Waals surface area contributed by atoms with Crippen molar-refractivity contribution in [2.75, 3.05) is 5.32 Å². The molecule has 5 nitrogen and oxygen atoms in total. The number of imidazole rings is 1. The minimum absolute atomic E-state index is 0.0348. The van der Waals surface area contributed by atoms with Crippen molar-refractivity contribution >= 4 is 22.8 Å². The molecule has 2 aromatic carbocycles. The van der Waals surface area contributed by atoms with E-state index in [-0.39, 0.29) is 5.91 Å². The molecular formula is C25H26N4O. The molecule has 1 N–H and O–H groups in total. The Morgan fingerprint density at radius 1 is 1.00 bits per heavy atom. The zero-order valence-electron chi connectivity index (χ0n) is 17.4. The monoisotopic (exact) mass is 398 g/mol. The maximum atomic E-state index is 12.5. The lowest BCUT2D eigenvalue weighted by molar-refractivity contribution is -0.116. The third kappa shape index (κ3) is 4.40. The number of aromatic nitrogens is 3. The van der Waals surface area contributed by atoms with Gasteiger partial charge in [0.05, 0.1) is 6.54 Å². The van der Waals surface area contributed by atoms with Crippen molar-refractivity contribution in [3.63, 3.8) is 0 Å². The largest absolute Gasteiger partial charge is 0.326 e. The van der Waals surface area contributed by atoms with Gasteiger partial charge in [-0.15, -0.1) is 0 Å². The van der Waals surface area contributed by atoms with Crippen LogP contribution in [-0.4, -0.2) is 20.4 Å². The molecule has 0 fully saturated rings. The second-order valence-corrected chi connectivity index (χ2v) is 7.60. The van der Waals surface area contributed by atoms with Crippen LogP contribution in [0.1, 0.15) is 35.4 Å². The van der Waals surface area contributed by atoms with Crippen LogP contribution in [0, 0.1) is 13.8 Å². The molecule has 0 bridgehead atoms. The zero-order chi connectivity index (χ0) is 20.9. The smallest absolute Gasteiger partial charge is 0.224 e. The molecule has 152 valence electrons. The summed E-state index contributed by atoms with van der Waals surface area (Å²) in [5, 5.41) is 3.04. The Kier molecular flexibility index (Phi) is 5.89. The van der Waals surface area contributed by atoms with Gasteiger partial charge in [0, 0.05) is 24.7 Å². The number of carbonyl (C=O) groups excluding carboxylic acids is 1. The standard InChI is InChI=1S/C25H26N4O/c1-18-9-6-12-21(19(18)2)28-24(30)15-7-14-23-27-22-13-8-16-26-25(22)29(23)17-20-10-4-3-5-11-20/h3-6,8-13,16H,7,14-15,17H2,1-2H3,(H,28,30). The Hall–Kier alpha value is -3.47. The van der Waals surface area contributed by atoms with Gasteiger partial charge in [-0.3, -0.25) is 4.79 Å². The van der Waals surface area contributed by atoms with Crippen molar-refractivity contribution in [1.82, 2.24) is 14.5 Å². The number of fused-ring (bicyclic) bond motifs is 1. The number of hydrogen-bond acceptors (Lipinski definition) is 3. The maximum absolute atomic E-state index is 12.5. The first kappa shape index (κ1) is 19.8. The second-order valence-electron chi connectivity index (χ2n) is 7.60. The van der Waals surface area contributed by atoms with Crippen LogP contribution in [0.5, 0.6) is 0 Å². The van der Waals surface area contributed by atoms with Gasteiger partial charge in [0.25, 0.3) is 0 Å². The molecule has 30 heavy (non-hydrogen) atoms. The highest BCUT2D eigenvalue weighted by Gasteiger charge is 2.13. The molecule has 2 heterocycles. The molecule has 5 heteroatoms. The molecule has 0 radical (unpaired) electrons. The Labute approximate surface area is 176 Å². The molecule has 4 aromatic rings. The normalized spacial score (nSPS) is 11.0. The van der Waals surface area contributed by atoms with Gasteiger partial charge < -0.3 is 9.88 Å². The number of amides is 1. The van der Waals surface area contributed by atoms with Crippen molar-refractivity contribution in [2.45, 2.75) is 39.7 Å². The highest BCUT2D eigenvalue weighted by atomic mass is 16.1. The van der Waals surface area contributed by atoms with E-state index in [0.29, 0.717) is 6.42 Å². The van der Waals surface area contributed by atoms with Crippen molar-refractivity contribution in [1.29, 1.82) is 0 Å². The number of benzene rings is 2. The Balaban J connectivity index is 1.45. The van der Waals surface area contributed by atoms with E-state index >= 15 is 0 Å². The summed E-state index contributed by atoms with van der Waals surface area (Å²) in [6.45, 7) is 4.80. The third-order valence-corrected chi connectivity index (χ3v) is 5.45. The molecular weight excluding hydrogens is 372 g/mol. The van der Waals surface area contributed by atoms with Crippen LogP contribution in [0.4, 0.5) is 5.69 Å². The quantitative estimate of drug-likeness (QED) is 0.473. The van der Waals surface area contributed by atoms with Crippen molar-refractivity contribution in [2.24, 2.45) is 0 Å². The number of hydrogen-bond donors (Lipinski definition) is 1. The Morgan fingerprint density at radius 2 is 1.83 bits per heavy atom. The lowest BCUT2D eigenvalue weighted by Gasteiger charge is -2.11. The molecule has 0 aliphatic heterocycles. The lowest BCUT2D eigenvalue weighted by Crippen LogP contribution is -2.13. The second kappa shape index (κ2) is 8.91. The molecule has 0 unspecified atom stereocenters. The van der Waals surface area contributed by atoms with Crippen LogP contribution >= 0.6 is 0 Å². The summed E-state index contributed by atoms with van der Waals surface area (Å²) in [5.41, 5.74) is 6.16. The average Bonchev–Trinajstić information content (AvgIpc) is 3.09. The number of anilines is 1. The summed E-state index contributed by atoms with van der Waals surface area (Å²) >= 11 is 0. The summed E-state index contributed by atoms with van der Waals surface area (Å²) in [6, 6.07) is 20.2. The number of nitrogens with zero attached hydrogens (tertiary/aromatic N) is 3. The molecule has 1 amide bonds. The van der Waals surface area contributed by atoms with Gasteiger partial charge in [0.15, 0.2) is 5.65 Å². The Morgan fingerprint density at radius 3 is 2.67 bits per heavy atom. The van der Waals surface area contributed by atoms with E-state index in [1.54, 1.807) is 6.20 Å². The molecule has 0 aliphatic rings. The lowest BCUT2D eigenvalue weighted by atomic mass is 10.1. The van der Waals surface area contributed by atoms with Crippen molar-refractivity contribution in [3.8, 4) is 0 Å². The molecule has 0 saturated carbocycles. The Bertz CT molecular complexity index is 1160. The van der Waals surface area contributed by atoms with Gasteiger partial charge in [-0.05, 0) is 55.2 Å². The third-order valence-electron chi connectivity index (χ3n) is 5.45. The molecule has 2 aromatic heterocycles. The predicted molar refractivity (Wildman–Crippen MR) is 121 cm³/mol. The molecule has 0 aliphatic carbocycles. The fourth-order valence-corrected chi connectivity index (χ4v) is 3.63. The van der Waals surface area contributed by atoms with Crippen LogP contribution in [0.15, 0.2) is 66.9 Å². The summed E-state index contributed by atoms with van der Waals surface area (Å²) in [4.78, 5) is 21.8. The molecule has 4 rings (SSSR count). The molecule has 0 atom stereocenters. The van der Waals surface area contributed by atoms with E-state index in [0.717, 1.165) is 47.6 Å². The number of pyridine rings is 1. The average molecular weight is 399 g/mol. The minimum atomic E-state index is 0.0348. The topological polar surface area (TPSA) is 59.8 Å². The summed E-state index contributed by atoms with van der Waals surface area (Å²) in [5.74, 6) is 1.000. The number of rotatable bonds is 7. The van der Waals surface area contributed by atoms with Gasteiger partial charge in [-0.1, -0.05) is 42.5 Å². The minimum Gasteiger partial charge on any atom is -0.326 e. The van der Waals surface area contributed by atoms with E-state index in [9.17, 15) is 4.79 Å². The number of carbonyl (C=O) groups is 1. The van der Waals surface area contributed by atoms with Crippen LogP contribution in [0.3, 0.4) is 0 Å². The van der Waals surface area contributed by atoms with Gasteiger partial charge in [0.2, 0.25) is 5.91 Å². The molecule has 0 saturated heterocycles. The molecule has 0 spiro atoms. The first-order valence-electron chi connectivity index (χ1n) is 10.3. The first-order chi connectivity index (χ1) is 14.6. The number of aryl methyl sites for hydroxylation is 2. The van der Waals surface area contributed by atoms with Crippen LogP contribution in [0.2, 0.25) is 0 Å². The first-order valence-corrected chi connectivity index (χ1v) is 10.3. The van der Waals surface area contributed by atoms with Gasteiger partial charge in [-0.25, -0.2) is 9.97 Å². The van der Waals surface area contributed by atoms with E-state index in [1.807, 2.05) is 49.4 Å². The van der Waals surface area contributed by atoms with E-state index < -0.39 is 0 Å². The highest BCUT2D eigenvalue weighted by molar-refractivity contribution is 5.91. The number of nitrogens with one attached hydrogen (secondary N) is 1. The van der Waals surface area contributed by atoms with Crippen molar-refractivity contribution < 1.29 is 4.79 Å². The summed E-state index contributed by atoms with van der Waals surface area (Å²) in [6.07, 6.45) is 3.71.